The van der Waals surface area contributed by atoms with Crippen molar-refractivity contribution in [2.75, 3.05) is 47.5 Å². The Bertz CT molecular complexity index is 1510. The van der Waals surface area contributed by atoms with E-state index < -0.39 is 26.5 Å². The molecule has 0 aromatic heterocycles. The summed E-state index contributed by atoms with van der Waals surface area (Å²) < 4.78 is 34.2. The Morgan fingerprint density at radius 3 is 1.16 bits per heavy atom. The molecule has 422 valence electrons. The second-order valence-corrected chi connectivity index (χ2v) is 22.4. The number of hydrogen-bond acceptors (Lipinski definition) is 8. The van der Waals surface area contributed by atoms with Crippen LogP contribution in [0.25, 0.3) is 0 Å². The maximum absolute atomic E-state index is 12.8. The first-order valence-corrected chi connectivity index (χ1v) is 31.3. The average molecular weight is 1040 g/mol. The predicted molar refractivity (Wildman–Crippen MR) is 309 cm³/mol. The van der Waals surface area contributed by atoms with Gasteiger partial charge in [-0.1, -0.05) is 253 Å². The Hall–Kier alpha value is -2.81. The topological polar surface area (TPSA) is 111 Å². The van der Waals surface area contributed by atoms with Crippen molar-refractivity contribution in [1.82, 2.24) is 0 Å². The number of ether oxygens (including phenoxy) is 2. The van der Waals surface area contributed by atoms with Crippen LogP contribution in [0.15, 0.2) is 85.1 Å². The fourth-order valence-electron chi connectivity index (χ4n) is 8.11. The summed E-state index contributed by atoms with van der Waals surface area (Å²) >= 11 is 0. The van der Waals surface area contributed by atoms with Crippen molar-refractivity contribution in [3.05, 3.63) is 85.1 Å². The Morgan fingerprint density at radius 2 is 0.781 bits per heavy atom. The number of nitrogens with zero attached hydrogens (tertiary/aromatic N) is 1. The smallest absolute Gasteiger partial charge is 0.306 e. The van der Waals surface area contributed by atoms with Gasteiger partial charge in [-0.15, -0.1) is 0 Å². The lowest BCUT2D eigenvalue weighted by atomic mass is 10.0. The minimum Gasteiger partial charge on any atom is -0.756 e. The molecule has 10 heteroatoms. The van der Waals surface area contributed by atoms with Crippen LogP contribution in [0, 0.1) is 0 Å². The number of carbonyl (C=O) groups excluding carboxylic acids is 2. The van der Waals surface area contributed by atoms with Crippen LogP contribution in [0.3, 0.4) is 0 Å². The minimum absolute atomic E-state index is 0.0378. The molecule has 0 saturated heterocycles. The van der Waals surface area contributed by atoms with Gasteiger partial charge in [0.2, 0.25) is 0 Å². The fourth-order valence-corrected chi connectivity index (χ4v) is 8.84. The zero-order chi connectivity index (χ0) is 53.5. The number of phosphoric acid groups is 1. The van der Waals surface area contributed by atoms with Gasteiger partial charge in [-0.2, -0.15) is 0 Å². The number of esters is 2. The second kappa shape index (κ2) is 54.0. The van der Waals surface area contributed by atoms with Gasteiger partial charge in [0, 0.05) is 12.8 Å². The molecule has 0 spiro atoms. The molecule has 0 aromatic rings. The zero-order valence-electron chi connectivity index (χ0n) is 47.8. The molecule has 0 amide bonds. The molecule has 2 unspecified atom stereocenters. The molecule has 0 aromatic carbocycles. The average Bonchev–Trinajstić information content (AvgIpc) is 3.35. The third-order valence-corrected chi connectivity index (χ3v) is 13.6. The standard InChI is InChI=1S/C63H112NO8P/c1-6-8-10-12-14-16-18-20-22-24-26-28-30-31-32-33-34-36-38-40-42-44-46-48-50-52-54-56-63(66)72-61(60-71-73(67,68)70-58-57-64(3,4)5)59-69-62(65)55-53-51-49-47-45-43-41-39-37-35-29-27-25-23-21-19-17-15-13-11-9-7-2/h8,10,14,16,20,22,26,28,31-32,34,36,40,42,61H,6-7,9,11-13,15,17-19,21,23-25,27,29-30,33,35,37-39,41,43-60H2,1-5H3/b10-8-,16-14-,22-20-,28-26-,32-31-,36-34-,42-40-. The highest BCUT2D eigenvalue weighted by Gasteiger charge is 2.22. The molecule has 73 heavy (non-hydrogen) atoms. The van der Waals surface area contributed by atoms with Crippen molar-refractivity contribution in [1.29, 1.82) is 0 Å². The van der Waals surface area contributed by atoms with Gasteiger partial charge >= 0.3 is 11.9 Å². The zero-order valence-corrected chi connectivity index (χ0v) is 48.7. The third-order valence-electron chi connectivity index (χ3n) is 12.7. The summed E-state index contributed by atoms with van der Waals surface area (Å²) in [5.41, 5.74) is 0. The molecule has 9 nitrogen and oxygen atoms in total. The molecule has 0 heterocycles. The molecule has 0 saturated carbocycles. The predicted octanol–water partition coefficient (Wildman–Crippen LogP) is 18.0. The van der Waals surface area contributed by atoms with Gasteiger partial charge in [0.15, 0.2) is 6.10 Å². The molecule has 0 aliphatic rings. The first-order valence-electron chi connectivity index (χ1n) is 29.8. The van der Waals surface area contributed by atoms with Crippen LogP contribution in [0.2, 0.25) is 0 Å². The van der Waals surface area contributed by atoms with Gasteiger partial charge in [-0.25, -0.2) is 0 Å². The van der Waals surface area contributed by atoms with E-state index in [0.717, 1.165) is 96.3 Å². The SMILES string of the molecule is CC/C=C\C/C=C\C/C=C\C/C=C\C/C=C\C/C=C\C/C=C\CCCCCCCC(=O)OC(COC(=O)CCCCCCCCCCCCCCCCCCCCCCCC)COP(=O)([O-])OCC[N+](C)(C)C. The van der Waals surface area contributed by atoms with Crippen LogP contribution in [0.5, 0.6) is 0 Å². The van der Waals surface area contributed by atoms with E-state index in [1.807, 2.05) is 21.1 Å². The number of allylic oxidation sites excluding steroid dienone is 14. The number of carbonyl (C=O) groups is 2. The number of likely N-dealkylation sites (N-methyl/N-ethyl adjacent to an activating group) is 1. The quantitative estimate of drug-likeness (QED) is 0.0195. The van der Waals surface area contributed by atoms with Crippen LogP contribution in [-0.2, 0) is 32.7 Å². The Morgan fingerprint density at radius 1 is 0.438 bits per heavy atom. The van der Waals surface area contributed by atoms with Crippen molar-refractivity contribution in [3.63, 3.8) is 0 Å². The first-order chi connectivity index (χ1) is 35.5. The van der Waals surface area contributed by atoms with E-state index in [4.69, 9.17) is 18.5 Å². The molecule has 0 rings (SSSR count). The summed E-state index contributed by atoms with van der Waals surface area (Å²) in [4.78, 5) is 37.9. The fraction of sp³-hybridized carbons (Fsp3) is 0.746. The van der Waals surface area contributed by atoms with Crippen molar-refractivity contribution in [2.45, 2.75) is 258 Å². The molecular formula is C63H112NO8P. The summed E-state index contributed by atoms with van der Waals surface area (Å²) in [6, 6.07) is 0. The van der Waals surface area contributed by atoms with Crippen LogP contribution in [0.1, 0.15) is 251 Å². The van der Waals surface area contributed by atoms with Gasteiger partial charge in [0.05, 0.1) is 27.7 Å². The van der Waals surface area contributed by atoms with Gasteiger partial charge in [0.1, 0.15) is 19.8 Å². The van der Waals surface area contributed by atoms with E-state index in [1.165, 1.54) is 122 Å². The number of phosphoric ester groups is 1. The van der Waals surface area contributed by atoms with Gasteiger partial charge < -0.3 is 27.9 Å². The summed E-state index contributed by atoms with van der Waals surface area (Å²) in [5, 5.41) is 0. The van der Waals surface area contributed by atoms with Crippen molar-refractivity contribution in [3.8, 4) is 0 Å². The van der Waals surface area contributed by atoms with E-state index in [-0.39, 0.29) is 32.0 Å². The molecule has 0 N–H and O–H groups in total. The highest BCUT2D eigenvalue weighted by Crippen LogP contribution is 2.38. The van der Waals surface area contributed by atoms with Crippen LogP contribution >= 0.6 is 7.82 Å². The van der Waals surface area contributed by atoms with E-state index in [0.29, 0.717) is 17.4 Å². The van der Waals surface area contributed by atoms with E-state index in [9.17, 15) is 19.0 Å². The van der Waals surface area contributed by atoms with Crippen LogP contribution in [-0.4, -0.2) is 70.0 Å². The molecule has 0 bridgehead atoms. The summed E-state index contributed by atoms with van der Waals surface area (Å²) in [6.07, 6.45) is 72.0. The van der Waals surface area contributed by atoms with Gasteiger partial charge in [-0.05, 0) is 70.6 Å². The number of rotatable bonds is 54. The Balaban J connectivity index is 4.22. The number of hydrogen-bond donors (Lipinski definition) is 0. The van der Waals surface area contributed by atoms with Gasteiger partial charge in [-0.3, -0.25) is 14.2 Å². The van der Waals surface area contributed by atoms with E-state index in [2.05, 4.69) is 98.9 Å². The van der Waals surface area contributed by atoms with E-state index >= 15 is 0 Å². The lowest BCUT2D eigenvalue weighted by molar-refractivity contribution is -0.870. The van der Waals surface area contributed by atoms with Crippen LogP contribution < -0.4 is 4.89 Å². The third kappa shape index (κ3) is 58.3. The Kier molecular flexibility index (Phi) is 51.9. The maximum atomic E-state index is 12.8. The highest BCUT2D eigenvalue weighted by atomic mass is 31.2. The lowest BCUT2D eigenvalue weighted by Crippen LogP contribution is -2.37. The van der Waals surface area contributed by atoms with E-state index in [1.54, 1.807) is 0 Å². The summed E-state index contributed by atoms with van der Waals surface area (Å²) in [7, 11) is 1.15. The largest absolute Gasteiger partial charge is 0.756 e. The highest BCUT2D eigenvalue weighted by molar-refractivity contribution is 7.45. The monoisotopic (exact) mass is 1040 g/mol. The van der Waals surface area contributed by atoms with Gasteiger partial charge in [0.25, 0.3) is 7.82 Å². The van der Waals surface area contributed by atoms with Crippen molar-refractivity contribution >= 4 is 19.8 Å². The summed E-state index contributed by atoms with van der Waals surface area (Å²) in [5.74, 6) is -0.851. The van der Waals surface area contributed by atoms with Crippen LogP contribution in [0.4, 0.5) is 0 Å². The molecule has 0 radical (unpaired) electrons. The molecular weight excluding hydrogens is 930 g/mol. The molecule has 0 aliphatic heterocycles. The first kappa shape index (κ1) is 70.2. The summed E-state index contributed by atoms with van der Waals surface area (Å²) in [6.45, 7) is 4.12. The lowest BCUT2D eigenvalue weighted by Gasteiger charge is -2.28. The number of quaternary nitrogens is 1. The minimum atomic E-state index is -4.65. The second-order valence-electron chi connectivity index (χ2n) is 21.0. The van der Waals surface area contributed by atoms with Crippen molar-refractivity contribution < 1.29 is 42.1 Å². The number of unbranched alkanes of at least 4 members (excludes halogenated alkanes) is 26. The normalized spacial score (nSPS) is 13.9. The molecule has 0 fully saturated rings. The maximum Gasteiger partial charge on any atom is 0.306 e. The van der Waals surface area contributed by atoms with Crippen molar-refractivity contribution in [2.24, 2.45) is 0 Å². The molecule has 2 atom stereocenters. The molecule has 0 aliphatic carbocycles. The Labute approximate surface area is 450 Å².